The monoisotopic (exact) mass is 336 g/mol. The molecule has 1 fully saturated rings. The van der Waals surface area contributed by atoms with Crippen LogP contribution in [-0.4, -0.2) is 52.0 Å². The number of hydrogen-bond acceptors (Lipinski definition) is 4. The van der Waals surface area contributed by atoms with E-state index in [4.69, 9.17) is 5.11 Å². The maximum absolute atomic E-state index is 12.1. The van der Waals surface area contributed by atoms with Crippen LogP contribution in [0.4, 0.5) is 0 Å². The standard InChI is InChI=1S/C16H20N2O4S/c19-14(9-18-11-23-10-15(18)20)17-13(6-7-16(21)22)8-12-4-2-1-3-5-12/h1-5,13H,6-11H2,(H,17,19)(H,21,22). The van der Waals surface area contributed by atoms with Crippen LogP contribution in [0, 0.1) is 0 Å². The average Bonchev–Trinajstić information content (AvgIpc) is 2.91. The minimum absolute atomic E-state index is 0.00369. The summed E-state index contributed by atoms with van der Waals surface area (Å²) in [5.41, 5.74) is 1.04. The molecule has 1 unspecified atom stereocenters. The van der Waals surface area contributed by atoms with Gasteiger partial charge in [0.1, 0.15) is 6.54 Å². The summed E-state index contributed by atoms with van der Waals surface area (Å²) < 4.78 is 0. The summed E-state index contributed by atoms with van der Waals surface area (Å²) in [7, 11) is 0. The molecule has 2 rings (SSSR count). The van der Waals surface area contributed by atoms with Crippen LogP contribution < -0.4 is 5.32 Å². The number of nitrogens with one attached hydrogen (secondary N) is 1. The molecule has 0 aliphatic carbocycles. The van der Waals surface area contributed by atoms with Gasteiger partial charge >= 0.3 is 5.97 Å². The van der Waals surface area contributed by atoms with Gasteiger partial charge in [0.25, 0.3) is 0 Å². The van der Waals surface area contributed by atoms with Gasteiger partial charge in [-0.15, -0.1) is 11.8 Å². The topological polar surface area (TPSA) is 86.7 Å². The van der Waals surface area contributed by atoms with Crippen LogP contribution in [0.15, 0.2) is 30.3 Å². The van der Waals surface area contributed by atoms with E-state index in [1.807, 2.05) is 30.3 Å². The predicted octanol–water partition coefficient (Wildman–Crippen LogP) is 1.11. The van der Waals surface area contributed by atoms with Crippen molar-refractivity contribution >= 4 is 29.5 Å². The molecule has 1 heterocycles. The highest BCUT2D eigenvalue weighted by molar-refractivity contribution is 8.00. The Labute approximate surface area is 139 Å². The number of hydrogen-bond donors (Lipinski definition) is 2. The Morgan fingerprint density at radius 2 is 2.04 bits per heavy atom. The first-order chi connectivity index (χ1) is 11.0. The van der Waals surface area contributed by atoms with Crippen molar-refractivity contribution in [2.24, 2.45) is 0 Å². The van der Waals surface area contributed by atoms with Crippen LogP contribution in [0.25, 0.3) is 0 Å². The Balaban J connectivity index is 1.91. The fourth-order valence-electron chi connectivity index (χ4n) is 2.41. The van der Waals surface area contributed by atoms with Gasteiger partial charge in [0.15, 0.2) is 0 Å². The van der Waals surface area contributed by atoms with Gasteiger partial charge in [-0.3, -0.25) is 14.4 Å². The van der Waals surface area contributed by atoms with Gasteiger partial charge in [0.05, 0.1) is 11.6 Å². The van der Waals surface area contributed by atoms with Crippen molar-refractivity contribution in [2.75, 3.05) is 18.2 Å². The van der Waals surface area contributed by atoms with E-state index in [1.165, 1.54) is 16.7 Å². The summed E-state index contributed by atoms with van der Waals surface area (Å²) in [6.45, 7) is 0.0319. The van der Waals surface area contributed by atoms with Crippen LogP contribution in [-0.2, 0) is 20.8 Å². The highest BCUT2D eigenvalue weighted by atomic mass is 32.2. The van der Waals surface area contributed by atoms with Crippen molar-refractivity contribution in [1.82, 2.24) is 10.2 Å². The normalized spacial score (nSPS) is 15.5. The lowest BCUT2D eigenvalue weighted by Gasteiger charge is -2.20. The number of aliphatic carboxylic acids is 1. The Hall–Kier alpha value is -2.02. The van der Waals surface area contributed by atoms with Gasteiger partial charge in [-0.25, -0.2) is 0 Å². The Bertz CT molecular complexity index is 564. The van der Waals surface area contributed by atoms with Crippen molar-refractivity contribution in [3.05, 3.63) is 35.9 Å². The molecule has 0 aromatic heterocycles. The van der Waals surface area contributed by atoms with Gasteiger partial charge in [0.2, 0.25) is 11.8 Å². The van der Waals surface area contributed by atoms with E-state index in [0.717, 1.165) is 5.56 Å². The first-order valence-corrected chi connectivity index (χ1v) is 8.60. The summed E-state index contributed by atoms with van der Waals surface area (Å²) in [5.74, 6) is -0.212. The number of nitrogens with zero attached hydrogens (tertiary/aromatic N) is 1. The second kappa shape index (κ2) is 8.57. The van der Waals surface area contributed by atoms with Gasteiger partial charge in [0, 0.05) is 12.5 Å². The molecule has 7 heteroatoms. The van der Waals surface area contributed by atoms with Crippen molar-refractivity contribution < 1.29 is 19.5 Å². The molecule has 6 nitrogen and oxygen atoms in total. The second-order valence-electron chi connectivity index (χ2n) is 5.46. The Morgan fingerprint density at radius 3 is 2.65 bits per heavy atom. The largest absolute Gasteiger partial charge is 0.481 e. The SMILES string of the molecule is O=C(O)CCC(Cc1ccccc1)NC(=O)CN1CSCC1=O. The Kier molecular flexibility index (Phi) is 6.46. The van der Waals surface area contributed by atoms with Crippen LogP contribution in [0.5, 0.6) is 0 Å². The molecule has 1 aliphatic rings. The third-order valence-corrected chi connectivity index (χ3v) is 4.50. The van der Waals surface area contributed by atoms with Crippen LogP contribution >= 0.6 is 11.8 Å². The fraction of sp³-hybridized carbons (Fsp3) is 0.438. The lowest BCUT2D eigenvalue weighted by Crippen LogP contribution is -2.43. The first-order valence-electron chi connectivity index (χ1n) is 7.45. The fourth-order valence-corrected chi connectivity index (χ4v) is 3.31. The van der Waals surface area contributed by atoms with E-state index in [9.17, 15) is 14.4 Å². The smallest absolute Gasteiger partial charge is 0.303 e. The summed E-state index contributed by atoms with van der Waals surface area (Å²) in [6.07, 6.45) is 0.928. The molecule has 0 radical (unpaired) electrons. The summed E-state index contributed by atoms with van der Waals surface area (Å²) >= 11 is 1.49. The van der Waals surface area contributed by atoms with E-state index in [1.54, 1.807) is 0 Å². The van der Waals surface area contributed by atoms with E-state index >= 15 is 0 Å². The van der Waals surface area contributed by atoms with Gasteiger partial charge in [-0.2, -0.15) is 0 Å². The third kappa shape index (κ3) is 5.94. The quantitative estimate of drug-likeness (QED) is 0.743. The molecule has 1 aromatic carbocycles. The van der Waals surface area contributed by atoms with Crippen molar-refractivity contribution in [3.63, 3.8) is 0 Å². The van der Waals surface area contributed by atoms with E-state index in [2.05, 4.69) is 5.32 Å². The summed E-state index contributed by atoms with van der Waals surface area (Å²) in [5, 5.41) is 11.7. The number of thioether (sulfide) groups is 1. The summed E-state index contributed by atoms with van der Waals surface area (Å²) in [4.78, 5) is 36.0. The number of carboxylic acids is 1. The molecule has 1 aromatic rings. The molecule has 1 aliphatic heterocycles. The van der Waals surface area contributed by atoms with Crippen LogP contribution in [0.1, 0.15) is 18.4 Å². The molecular formula is C16H20N2O4S. The minimum atomic E-state index is -0.886. The highest BCUT2D eigenvalue weighted by Gasteiger charge is 2.24. The number of benzene rings is 1. The highest BCUT2D eigenvalue weighted by Crippen LogP contribution is 2.14. The third-order valence-electron chi connectivity index (χ3n) is 3.56. The molecule has 2 N–H and O–H groups in total. The number of carboxylic acid groups (broad SMARTS) is 1. The molecule has 0 bridgehead atoms. The molecule has 2 amide bonds. The molecule has 124 valence electrons. The number of amides is 2. The van der Waals surface area contributed by atoms with Crippen molar-refractivity contribution in [2.45, 2.75) is 25.3 Å². The Morgan fingerprint density at radius 1 is 1.30 bits per heavy atom. The maximum Gasteiger partial charge on any atom is 0.303 e. The first kappa shape index (κ1) is 17.3. The zero-order chi connectivity index (χ0) is 16.7. The molecule has 23 heavy (non-hydrogen) atoms. The maximum atomic E-state index is 12.1. The zero-order valence-electron chi connectivity index (χ0n) is 12.7. The van der Waals surface area contributed by atoms with E-state index < -0.39 is 5.97 Å². The van der Waals surface area contributed by atoms with Gasteiger partial charge < -0.3 is 15.3 Å². The minimum Gasteiger partial charge on any atom is -0.481 e. The number of carbonyl (C=O) groups is 3. The number of rotatable bonds is 8. The van der Waals surface area contributed by atoms with Crippen LogP contribution in [0.3, 0.4) is 0 Å². The number of carbonyl (C=O) groups excluding carboxylic acids is 2. The second-order valence-corrected chi connectivity index (χ2v) is 6.41. The molecule has 1 atom stereocenters. The summed E-state index contributed by atoms with van der Waals surface area (Å²) in [6, 6.07) is 9.36. The van der Waals surface area contributed by atoms with E-state index in [-0.39, 0.29) is 30.8 Å². The van der Waals surface area contributed by atoms with Crippen LogP contribution in [0.2, 0.25) is 0 Å². The van der Waals surface area contributed by atoms with E-state index in [0.29, 0.717) is 24.5 Å². The van der Waals surface area contributed by atoms with Gasteiger partial charge in [-0.1, -0.05) is 30.3 Å². The molecule has 0 saturated carbocycles. The van der Waals surface area contributed by atoms with Crippen molar-refractivity contribution in [1.29, 1.82) is 0 Å². The lowest BCUT2D eigenvalue weighted by molar-refractivity contribution is -0.137. The average molecular weight is 336 g/mol. The van der Waals surface area contributed by atoms with Gasteiger partial charge in [-0.05, 0) is 18.4 Å². The molecule has 0 spiro atoms. The van der Waals surface area contributed by atoms with Crippen molar-refractivity contribution in [3.8, 4) is 0 Å². The zero-order valence-corrected chi connectivity index (χ0v) is 13.6. The molecule has 1 saturated heterocycles. The lowest BCUT2D eigenvalue weighted by atomic mass is 10.0. The predicted molar refractivity (Wildman–Crippen MR) is 88.0 cm³/mol. The molecular weight excluding hydrogens is 316 g/mol.